The predicted molar refractivity (Wildman–Crippen MR) is 113 cm³/mol. The Morgan fingerprint density at radius 1 is 1.21 bits per heavy atom. The van der Waals surface area contributed by atoms with Gasteiger partial charge in [0.2, 0.25) is 0 Å². The number of anilines is 1. The summed E-state index contributed by atoms with van der Waals surface area (Å²) in [5.74, 6) is 0.396. The zero-order valence-electron chi connectivity index (χ0n) is 17.2. The van der Waals surface area contributed by atoms with E-state index in [4.69, 9.17) is 21.6 Å². The van der Waals surface area contributed by atoms with E-state index in [0.29, 0.717) is 22.0 Å². The maximum Gasteiger partial charge on any atom is 0.270 e. The Labute approximate surface area is 176 Å². The molecule has 1 aromatic carbocycles. The van der Waals surface area contributed by atoms with Gasteiger partial charge in [-0.2, -0.15) is 5.26 Å². The third-order valence-electron chi connectivity index (χ3n) is 5.71. The van der Waals surface area contributed by atoms with Crippen LogP contribution in [0.4, 0.5) is 5.69 Å². The first-order valence-electron chi connectivity index (χ1n) is 9.42. The fourth-order valence-corrected chi connectivity index (χ4v) is 4.69. The highest BCUT2D eigenvalue weighted by molar-refractivity contribution is 6.31. The quantitative estimate of drug-likeness (QED) is 0.766. The number of nitrogens with one attached hydrogen (secondary N) is 2. The predicted octanol–water partition coefficient (Wildman–Crippen LogP) is 4.26. The van der Waals surface area contributed by atoms with Gasteiger partial charge in [-0.1, -0.05) is 39.3 Å². The molecule has 0 atom stereocenters. The molecule has 1 saturated carbocycles. The van der Waals surface area contributed by atoms with Crippen LogP contribution >= 0.6 is 11.6 Å². The van der Waals surface area contributed by atoms with E-state index in [1.54, 1.807) is 37.5 Å². The van der Waals surface area contributed by atoms with E-state index in [1.807, 2.05) is 12.1 Å². The van der Waals surface area contributed by atoms with Crippen LogP contribution in [-0.2, 0) is 0 Å². The monoisotopic (exact) mass is 412 g/mol. The Morgan fingerprint density at radius 2 is 1.90 bits per heavy atom. The largest absolute Gasteiger partial charge is 0.489 e. The van der Waals surface area contributed by atoms with Gasteiger partial charge in [0.15, 0.2) is 0 Å². The lowest BCUT2D eigenvalue weighted by Gasteiger charge is -2.63. The van der Waals surface area contributed by atoms with Crippen LogP contribution < -0.4 is 15.4 Å². The molecular weight excluding hydrogens is 388 g/mol. The minimum Gasteiger partial charge on any atom is -0.489 e. The Morgan fingerprint density at radius 3 is 2.41 bits per heavy atom. The summed E-state index contributed by atoms with van der Waals surface area (Å²) in [6, 6.07) is 10.5. The summed E-state index contributed by atoms with van der Waals surface area (Å²) in [6.07, 6.45) is 1.48. The number of hydrogen-bond acceptors (Lipinski definition) is 5. The SMILES string of the molecule is CNc1ccc(C(=O)N[C@H]2C(C)(C)[C@H](Oc3ccc(C#N)c(Cl)c3)C2(C)C)nc1. The number of rotatable bonds is 5. The first-order valence-corrected chi connectivity index (χ1v) is 9.80. The number of amides is 1. The fraction of sp³-hybridized carbons (Fsp3) is 0.409. The molecule has 7 heteroatoms. The average Bonchev–Trinajstić information content (AvgIpc) is 2.69. The zero-order valence-corrected chi connectivity index (χ0v) is 18.0. The van der Waals surface area contributed by atoms with Crippen molar-refractivity contribution in [3.8, 4) is 11.8 Å². The second-order valence-corrected chi connectivity index (χ2v) is 8.89. The number of halogens is 1. The van der Waals surface area contributed by atoms with Crippen molar-refractivity contribution in [3.05, 3.63) is 52.8 Å². The number of nitriles is 1. The van der Waals surface area contributed by atoms with Crippen LogP contribution in [0.15, 0.2) is 36.5 Å². The summed E-state index contributed by atoms with van der Waals surface area (Å²) >= 11 is 6.13. The fourth-order valence-electron chi connectivity index (χ4n) is 4.48. The lowest BCUT2D eigenvalue weighted by atomic mass is 9.49. The van der Waals surface area contributed by atoms with Gasteiger partial charge < -0.3 is 15.4 Å². The van der Waals surface area contributed by atoms with Crippen LogP contribution in [0, 0.1) is 22.2 Å². The van der Waals surface area contributed by atoms with Crippen molar-refractivity contribution in [2.24, 2.45) is 10.8 Å². The van der Waals surface area contributed by atoms with Gasteiger partial charge in [-0.15, -0.1) is 0 Å². The molecule has 2 aromatic rings. The van der Waals surface area contributed by atoms with Crippen LogP contribution in [0.2, 0.25) is 5.02 Å². The van der Waals surface area contributed by atoms with E-state index in [9.17, 15) is 4.79 Å². The smallest absolute Gasteiger partial charge is 0.270 e. The van der Waals surface area contributed by atoms with Crippen LogP contribution in [0.5, 0.6) is 5.75 Å². The summed E-state index contributed by atoms with van der Waals surface area (Å²) < 4.78 is 6.24. The van der Waals surface area contributed by atoms with Crippen molar-refractivity contribution in [2.75, 3.05) is 12.4 Å². The molecule has 1 fully saturated rings. The van der Waals surface area contributed by atoms with Gasteiger partial charge in [0, 0.05) is 30.0 Å². The highest BCUT2D eigenvalue weighted by Gasteiger charge is 2.64. The maximum atomic E-state index is 12.7. The molecule has 1 aromatic heterocycles. The molecule has 0 aliphatic heterocycles. The number of aromatic nitrogens is 1. The summed E-state index contributed by atoms with van der Waals surface area (Å²) in [7, 11) is 1.80. The first kappa shape index (κ1) is 20.9. The molecule has 0 saturated heterocycles. The van der Waals surface area contributed by atoms with Crippen LogP contribution in [0.25, 0.3) is 0 Å². The van der Waals surface area contributed by atoms with E-state index in [1.165, 1.54) is 0 Å². The molecule has 29 heavy (non-hydrogen) atoms. The second kappa shape index (κ2) is 7.57. The van der Waals surface area contributed by atoms with Gasteiger partial charge in [0.1, 0.15) is 23.6 Å². The lowest BCUT2D eigenvalue weighted by Crippen LogP contribution is -2.74. The summed E-state index contributed by atoms with van der Waals surface area (Å²) in [4.78, 5) is 16.9. The van der Waals surface area contributed by atoms with Gasteiger partial charge in [-0.25, -0.2) is 4.98 Å². The number of benzene rings is 1. The van der Waals surface area contributed by atoms with Gasteiger partial charge in [-0.3, -0.25) is 4.79 Å². The molecule has 2 N–H and O–H groups in total. The lowest BCUT2D eigenvalue weighted by molar-refractivity contribution is -0.164. The standard InChI is InChI=1S/C22H25ClN4O2/c1-21(2)19(27-18(28)17-9-7-14(25-5)12-26-17)22(3,4)20(21)29-15-8-6-13(11-24)16(23)10-15/h6-10,12,19-20,25H,1-5H3,(H,27,28)/t19-,20-. The highest BCUT2D eigenvalue weighted by atomic mass is 35.5. The van der Waals surface area contributed by atoms with Crippen LogP contribution in [-0.4, -0.2) is 30.1 Å². The molecule has 1 heterocycles. The molecule has 0 unspecified atom stereocenters. The normalized spacial score (nSPS) is 21.4. The Bertz CT molecular complexity index is 948. The Kier molecular flexibility index (Phi) is 5.46. The molecule has 1 amide bonds. The first-order chi connectivity index (χ1) is 13.6. The average molecular weight is 413 g/mol. The second-order valence-electron chi connectivity index (χ2n) is 8.48. The molecule has 1 aliphatic carbocycles. The van der Waals surface area contributed by atoms with Gasteiger partial charge >= 0.3 is 0 Å². The summed E-state index contributed by atoms with van der Waals surface area (Å²) in [5.41, 5.74) is 1.00. The Balaban J connectivity index is 1.74. The number of hydrogen-bond donors (Lipinski definition) is 2. The molecule has 0 spiro atoms. The molecular formula is C22H25ClN4O2. The van der Waals surface area contributed by atoms with Crippen molar-refractivity contribution in [1.82, 2.24) is 10.3 Å². The van der Waals surface area contributed by atoms with Crippen molar-refractivity contribution in [3.63, 3.8) is 0 Å². The highest BCUT2D eigenvalue weighted by Crippen LogP contribution is 2.55. The van der Waals surface area contributed by atoms with E-state index >= 15 is 0 Å². The van der Waals surface area contributed by atoms with E-state index in [0.717, 1.165) is 5.69 Å². The number of carbonyl (C=O) groups is 1. The molecule has 6 nitrogen and oxygen atoms in total. The van der Waals surface area contributed by atoms with Gasteiger partial charge in [0.25, 0.3) is 5.91 Å². The van der Waals surface area contributed by atoms with Crippen molar-refractivity contribution in [1.29, 1.82) is 5.26 Å². The minimum absolute atomic E-state index is 0.105. The van der Waals surface area contributed by atoms with Crippen molar-refractivity contribution in [2.45, 2.75) is 39.8 Å². The van der Waals surface area contributed by atoms with E-state index in [-0.39, 0.29) is 28.9 Å². The minimum atomic E-state index is -0.315. The number of carbonyl (C=O) groups excluding carboxylic acids is 1. The third-order valence-corrected chi connectivity index (χ3v) is 6.03. The van der Waals surface area contributed by atoms with Crippen LogP contribution in [0.1, 0.15) is 43.7 Å². The molecule has 0 radical (unpaired) electrons. The number of ether oxygens (including phenoxy) is 1. The van der Waals surface area contributed by atoms with Crippen molar-refractivity contribution < 1.29 is 9.53 Å². The van der Waals surface area contributed by atoms with Crippen LogP contribution in [0.3, 0.4) is 0 Å². The zero-order chi connectivity index (χ0) is 21.4. The van der Waals surface area contributed by atoms with E-state index < -0.39 is 0 Å². The third kappa shape index (κ3) is 3.75. The maximum absolute atomic E-state index is 12.7. The molecule has 3 rings (SSSR count). The summed E-state index contributed by atoms with van der Waals surface area (Å²) in [6.45, 7) is 8.26. The van der Waals surface area contributed by atoms with Gasteiger partial charge in [-0.05, 0) is 24.3 Å². The molecule has 152 valence electrons. The number of pyridine rings is 1. The molecule has 0 bridgehead atoms. The topological polar surface area (TPSA) is 87.0 Å². The van der Waals surface area contributed by atoms with Crippen molar-refractivity contribution >= 4 is 23.2 Å². The molecule has 1 aliphatic rings. The van der Waals surface area contributed by atoms with Gasteiger partial charge in [0.05, 0.1) is 22.5 Å². The Hall–Kier alpha value is -2.78. The van der Waals surface area contributed by atoms with E-state index in [2.05, 4.69) is 43.3 Å². The number of nitrogens with zero attached hydrogens (tertiary/aromatic N) is 2. The summed E-state index contributed by atoms with van der Waals surface area (Å²) in [5, 5.41) is 15.5.